The van der Waals surface area contributed by atoms with Crippen LogP contribution in [0.5, 0.6) is 0 Å². The quantitative estimate of drug-likeness (QED) is 0.901. The summed E-state index contributed by atoms with van der Waals surface area (Å²) < 4.78 is 37.5. The molecule has 2 aliphatic rings. The van der Waals surface area contributed by atoms with Gasteiger partial charge < -0.3 is 5.32 Å². The van der Waals surface area contributed by atoms with Crippen molar-refractivity contribution in [3.8, 4) is 0 Å². The monoisotopic (exact) mass is 340 g/mol. The molecule has 1 aromatic carbocycles. The lowest BCUT2D eigenvalue weighted by Gasteiger charge is -2.31. The summed E-state index contributed by atoms with van der Waals surface area (Å²) in [6, 6.07) is 6.11. The van der Waals surface area contributed by atoms with Crippen molar-refractivity contribution in [3.05, 3.63) is 35.6 Å². The number of hydrogen-bond acceptors (Lipinski definition) is 3. The van der Waals surface area contributed by atoms with Gasteiger partial charge in [-0.15, -0.1) is 0 Å². The van der Waals surface area contributed by atoms with Crippen molar-refractivity contribution in [2.75, 3.05) is 19.3 Å². The molecule has 1 N–H and O–H groups in total. The Bertz CT molecular complexity index is 691. The Morgan fingerprint density at radius 2 is 1.78 bits per heavy atom. The molecule has 2 fully saturated rings. The molecule has 5 nitrogen and oxygen atoms in total. The molecule has 0 aromatic heterocycles. The van der Waals surface area contributed by atoms with Crippen molar-refractivity contribution >= 4 is 15.9 Å². The first-order valence-electron chi connectivity index (χ1n) is 7.83. The third-order valence-corrected chi connectivity index (χ3v) is 6.14. The zero-order chi connectivity index (χ0) is 16.7. The summed E-state index contributed by atoms with van der Waals surface area (Å²) in [5.74, 6) is -0.333. The van der Waals surface area contributed by atoms with Gasteiger partial charge in [0.25, 0.3) is 0 Å². The standard InChI is InChI=1S/C16H21FN2O3S/c1-23(21,22)19-10-6-14(7-11-19)18-15(20)16(8-9-16)12-2-4-13(17)5-3-12/h2-5,14H,6-11H2,1H3,(H,18,20). The molecule has 3 rings (SSSR count). The van der Waals surface area contributed by atoms with E-state index in [4.69, 9.17) is 0 Å². The third kappa shape index (κ3) is 3.40. The van der Waals surface area contributed by atoms with Gasteiger partial charge in [-0.2, -0.15) is 0 Å². The Kier molecular flexibility index (Phi) is 4.18. The molecule has 1 aliphatic heterocycles. The fourth-order valence-corrected chi connectivity index (χ4v) is 4.07. The lowest BCUT2D eigenvalue weighted by atomic mass is 9.94. The summed E-state index contributed by atoms with van der Waals surface area (Å²) >= 11 is 0. The Morgan fingerprint density at radius 1 is 1.22 bits per heavy atom. The van der Waals surface area contributed by atoms with E-state index in [-0.39, 0.29) is 17.8 Å². The summed E-state index contributed by atoms with van der Waals surface area (Å²) in [7, 11) is -3.16. The summed E-state index contributed by atoms with van der Waals surface area (Å²) in [6.07, 6.45) is 4.00. The Morgan fingerprint density at radius 3 is 2.26 bits per heavy atom. The predicted molar refractivity (Wildman–Crippen MR) is 84.9 cm³/mol. The second-order valence-electron chi connectivity index (χ2n) is 6.50. The number of halogens is 1. The van der Waals surface area contributed by atoms with Crippen molar-refractivity contribution in [2.45, 2.75) is 37.1 Å². The highest BCUT2D eigenvalue weighted by Gasteiger charge is 2.51. The summed E-state index contributed by atoms with van der Waals surface area (Å²) in [4.78, 5) is 12.6. The average molecular weight is 340 g/mol. The molecule has 126 valence electrons. The average Bonchev–Trinajstić information content (AvgIpc) is 3.29. The minimum Gasteiger partial charge on any atom is -0.352 e. The number of sulfonamides is 1. The van der Waals surface area contributed by atoms with Crippen LogP contribution in [0, 0.1) is 5.82 Å². The van der Waals surface area contributed by atoms with Crippen LogP contribution in [0.15, 0.2) is 24.3 Å². The van der Waals surface area contributed by atoms with E-state index in [1.165, 1.54) is 22.7 Å². The number of piperidine rings is 1. The van der Waals surface area contributed by atoms with E-state index in [1.807, 2.05) is 0 Å². The normalized spacial score (nSPS) is 21.8. The maximum atomic E-state index is 13.0. The minimum absolute atomic E-state index is 0.00146. The van der Waals surface area contributed by atoms with Crippen LogP contribution in [-0.4, -0.2) is 44.0 Å². The van der Waals surface area contributed by atoms with Crippen LogP contribution in [0.2, 0.25) is 0 Å². The number of nitrogens with one attached hydrogen (secondary N) is 1. The molecular weight excluding hydrogens is 319 g/mol. The first-order chi connectivity index (χ1) is 10.8. The molecule has 1 amide bonds. The van der Waals surface area contributed by atoms with Gasteiger partial charge in [-0.25, -0.2) is 17.1 Å². The minimum atomic E-state index is -3.16. The summed E-state index contributed by atoms with van der Waals surface area (Å²) in [5, 5.41) is 3.05. The molecule has 0 radical (unpaired) electrons. The Hall–Kier alpha value is -1.47. The molecule has 0 unspecified atom stereocenters. The summed E-state index contributed by atoms with van der Waals surface area (Å²) in [6.45, 7) is 0.876. The van der Waals surface area contributed by atoms with E-state index in [1.54, 1.807) is 12.1 Å². The van der Waals surface area contributed by atoms with Gasteiger partial charge in [0, 0.05) is 19.1 Å². The molecule has 0 bridgehead atoms. The highest BCUT2D eigenvalue weighted by Crippen LogP contribution is 2.48. The smallest absolute Gasteiger partial charge is 0.230 e. The van der Waals surface area contributed by atoms with Crippen LogP contribution in [-0.2, 0) is 20.2 Å². The molecule has 1 saturated heterocycles. The van der Waals surface area contributed by atoms with Crippen LogP contribution < -0.4 is 5.32 Å². The van der Waals surface area contributed by atoms with Gasteiger partial charge >= 0.3 is 0 Å². The molecule has 23 heavy (non-hydrogen) atoms. The van der Waals surface area contributed by atoms with E-state index >= 15 is 0 Å². The molecule has 1 aromatic rings. The van der Waals surface area contributed by atoms with Gasteiger partial charge in [-0.1, -0.05) is 12.1 Å². The lowest BCUT2D eigenvalue weighted by molar-refractivity contribution is -0.124. The lowest BCUT2D eigenvalue weighted by Crippen LogP contribution is -2.48. The van der Waals surface area contributed by atoms with Gasteiger partial charge in [-0.05, 0) is 43.4 Å². The summed E-state index contributed by atoms with van der Waals surface area (Å²) in [5.41, 5.74) is 0.326. The van der Waals surface area contributed by atoms with Crippen molar-refractivity contribution in [1.82, 2.24) is 9.62 Å². The topological polar surface area (TPSA) is 66.5 Å². The number of carbonyl (C=O) groups is 1. The third-order valence-electron chi connectivity index (χ3n) is 4.84. The first-order valence-corrected chi connectivity index (χ1v) is 9.68. The van der Waals surface area contributed by atoms with Gasteiger partial charge in [0.05, 0.1) is 11.7 Å². The van der Waals surface area contributed by atoms with Crippen LogP contribution >= 0.6 is 0 Å². The molecule has 0 spiro atoms. The van der Waals surface area contributed by atoms with Crippen molar-refractivity contribution < 1.29 is 17.6 Å². The van der Waals surface area contributed by atoms with E-state index in [2.05, 4.69) is 5.32 Å². The number of benzene rings is 1. The number of hydrogen-bond donors (Lipinski definition) is 1. The highest BCUT2D eigenvalue weighted by atomic mass is 32.2. The second kappa shape index (κ2) is 5.87. The maximum absolute atomic E-state index is 13.0. The first kappa shape index (κ1) is 16.4. The van der Waals surface area contributed by atoms with Crippen LogP contribution in [0.4, 0.5) is 4.39 Å². The van der Waals surface area contributed by atoms with Gasteiger partial charge in [-0.3, -0.25) is 4.79 Å². The molecule has 1 heterocycles. The number of amides is 1. The molecule has 0 atom stereocenters. The Labute approximate surface area is 135 Å². The zero-order valence-corrected chi connectivity index (χ0v) is 13.9. The zero-order valence-electron chi connectivity index (χ0n) is 13.1. The van der Waals surface area contributed by atoms with Gasteiger partial charge in [0.15, 0.2) is 0 Å². The molecule has 7 heteroatoms. The molecule has 1 saturated carbocycles. The van der Waals surface area contributed by atoms with Gasteiger partial charge in [0.1, 0.15) is 5.82 Å². The van der Waals surface area contributed by atoms with Crippen molar-refractivity contribution in [2.24, 2.45) is 0 Å². The van der Waals surface area contributed by atoms with Crippen molar-refractivity contribution in [3.63, 3.8) is 0 Å². The van der Waals surface area contributed by atoms with Crippen LogP contribution in [0.3, 0.4) is 0 Å². The van der Waals surface area contributed by atoms with Crippen LogP contribution in [0.1, 0.15) is 31.2 Å². The fourth-order valence-electron chi connectivity index (χ4n) is 3.20. The molecule has 1 aliphatic carbocycles. The number of rotatable bonds is 4. The predicted octanol–water partition coefficient (Wildman–Crippen LogP) is 1.40. The van der Waals surface area contributed by atoms with E-state index < -0.39 is 15.4 Å². The molecular formula is C16H21FN2O3S. The number of carbonyl (C=O) groups excluding carboxylic acids is 1. The van der Waals surface area contributed by atoms with Crippen molar-refractivity contribution in [1.29, 1.82) is 0 Å². The highest BCUT2D eigenvalue weighted by molar-refractivity contribution is 7.88. The maximum Gasteiger partial charge on any atom is 0.230 e. The fraction of sp³-hybridized carbons (Fsp3) is 0.562. The largest absolute Gasteiger partial charge is 0.352 e. The van der Waals surface area contributed by atoms with Gasteiger partial charge in [0.2, 0.25) is 15.9 Å². The Balaban J connectivity index is 1.61. The van der Waals surface area contributed by atoms with E-state index in [0.29, 0.717) is 25.9 Å². The SMILES string of the molecule is CS(=O)(=O)N1CCC(NC(=O)C2(c3ccc(F)cc3)CC2)CC1. The number of nitrogens with zero attached hydrogens (tertiary/aromatic N) is 1. The van der Waals surface area contributed by atoms with Crippen LogP contribution in [0.25, 0.3) is 0 Å². The second-order valence-corrected chi connectivity index (χ2v) is 8.48. The van der Waals surface area contributed by atoms with E-state index in [0.717, 1.165) is 18.4 Å². The van der Waals surface area contributed by atoms with E-state index in [9.17, 15) is 17.6 Å².